The van der Waals surface area contributed by atoms with Gasteiger partial charge in [-0.05, 0) is 19.9 Å². The van der Waals surface area contributed by atoms with Crippen molar-refractivity contribution in [3.8, 4) is 11.5 Å². The summed E-state index contributed by atoms with van der Waals surface area (Å²) in [5.41, 5.74) is -0.535. The van der Waals surface area contributed by atoms with Crippen molar-refractivity contribution in [3.63, 3.8) is 0 Å². The molecule has 1 aromatic rings. The van der Waals surface area contributed by atoms with Crippen LogP contribution in [-0.2, 0) is 33.4 Å². The van der Waals surface area contributed by atoms with Gasteiger partial charge in [-0.25, -0.2) is 0 Å². The maximum Gasteiger partial charge on any atom is 0.302 e. The Kier molecular flexibility index (Phi) is 14.6. The standard InChI is InChI=1S/C43H57N3O13/c1-22-11-10-12-23(2)42(53)44-29-21-30(48)32-33(38(29)52)37(51)27(6)40-34(32)41(45-57-20-16-46-14-18-55-19-15-46)43(8,59-40)56-17-13-31(54-9)24(3)39(58-28(7)47)26(5)36(50)25(4)35(22)49/h10-13,17,21-22,24-26,31,35-36,39,49-51H,14-16,18-20H2,1-9H3,(H,44,53)/b11-10+,17-13+,23-12-,45-41+/t22-,24+,25+,26+,31-,35-,36+,39+,43-/m0/s1. The van der Waals surface area contributed by atoms with E-state index in [1.54, 1.807) is 45.9 Å². The number of esters is 1. The lowest BCUT2D eigenvalue weighted by molar-refractivity contribution is -0.160. The number of aliphatic hydroxyl groups excluding tert-OH is 2. The van der Waals surface area contributed by atoms with E-state index in [1.165, 1.54) is 47.1 Å². The van der Waals surface area contributed by atoms with Crippen LogP contribution < -0.4 is 10.1 Å². The molecule has 0 spiro atoms. The quantitative estimate of drug-likeness (QED) is 0.184. The zero-order valence-electron chi connectivity index (χ0n) is 35.1. The van der Waals surface area contributed by atoms with Gasteiger partial charge >= 0.3 is 5.97 Å². The minimum Gasteiger partial charge on any atom is -0.507 e. The van der Waals surface area contributed by atoms with Crippen LogP contribution >= 0.6 is 0 Å². The number of fused-ring (bicyclic) bond motifs is 14. The summed E-state index contributed by atoms with van der Waals surface area (Å²) in [6, 6.07) is 0. The van der Waals surface area contributed by atoms with Gasteiger partial charge in [0.15, 0.2) is 11.5 Å². The molecule has 4 N–H and O–H groups in total. The Bertz CT molecular complexity index is 1950. The Labute approximate surface area is 344 Å². The highest BCUT2D eigenvalue weighted by molar-refractivity contribution is 6.31. The fourth-order valence-electron chi connectivity index (χ4n) is 7.87. The number of aliphatic hydroxyl groups is 2. The first-order chi connectivity index (χ1) is 27.9. The maximum atomic E-state index is 14.1. The van der Waals surface area contributed by atoms with Gasteiger partial charge in [-0.1, -0.05) is 51.1 Å². The number of nitrogens with one attached hydrogen (secondary N) is 1. The highest BCUT2D eigenvalue weighted by atomic mass is 16.7. The first-order valence-electron chi connectivity index (χ1n) is 19.9. The average molecular weight is 824 g/mol. The largest absolute Gasteiger partial charge is 0.507 e. The molecule has 1 fully saturated rings. The molecule has 5 bridgehead atoms. The number of amides is 1. The molecule has 59 heavy (non-hydrogen) atoms. The van der Waals surface area contributed by atoms with Crippen LogP contribution in [0.4, 0.5) is 0 Å². The van der Waals surface area contributed by atoms with Crippen molar-refractivity contribution < 1.29 is 63.0 Å². The molecule has 16 nitrogen and oxygen atoms in total. The normalized spacial score (nSPS) is 33.5. The van der Waals surface area contributed by atoms with Gasteiger partial charge in [0.2, 0.25) is 5.78 Å². The fraction of sp³-hybridized carbons (Fsp3) is 0.558. The number of benzene rings is 1. The van der Waals surface area contributed by atoms with Gasteiger partial charge in [0.05, 0.1) is 60.2 Å². The van der Waals surface area contributed by atoms with Gasteiger partial charge in [-0.15, -0.1) is 0 Å². The summed E-state index contributed by atoms with van der Waals surface area (Å²) < 4.78 is 29.7. The number of morpholine rings is 1. The molecule has 322 valence electrons. The lowest BCUT2D eigenvalue weighted by atomic mass is 9.78. The molecule has 4 aliphatic heterocycles. The Hall–Kier alpha value is -4.87. The lowest BCUT2D eigenvalue weighted by Crippen LogP contribution is -2.46. The minimum atomic E-state index is -1.79. The summed E-state index contributed by atoms with van der Waals surface area (Å²) in [6.07, 6.45) is 4.78. The van der Waals surface area contributed by atoms with E-state index < -0.39 is 83.1 Å². The monoisotopic (exact) mass is 823 g/mol. The number of allylic oxidation sites excluding steroid dienone is 4. The molecule has 6 rings (SSSR count). The van der Waals surface area contributed by atoms with Crippen LogP contribution in [-0.4, -0.2) is 126 Å². The van der Waals surface area contributed by atoms with Crippen molar-refractivity contribution in [2.24, 2.45) is 28.8 Å². The van der Waals surface area contributed by atoms with Crippen LogP contribution in [0.5, 0.6) is 11.5 Å². The Morgan fingerprint density at radius 2 is 1.69 bits per heavy atom. The van der Waals surface area contributed by atoms with E-state index in [-0.39, 0.29) is 51.6 Å². The molecule has 0 unspecified atom stereocenters. The molecule has 16 heteroatoms. The van der Waals surface area contributed by atoms with Gasteiger partial charge in [0.1, 0.15) is 24.2 Å². The lowest BCUT2D eigenvalue weighted by Gasteiger charge is -2.38. The topological polar surface area (TPSA) is 212 Å². The molecule has 1 amide bonds. The number of phenolic OH excluding ortho intramolecular Hbond substituents is 1. The number of nitrogens with zero attached hydrogens (tertiary/aromatic N) is 2. The van der Waals surface area contributed by atoms with Gasteiger partial charge in [-0.3, -0.25) is 24.1 Å². The second-order valence-corrected chi connectivity index (χ2v) is 15.8. The second kappa shape index (κ2) is 19.0. The molecule has 1 saturated heterocycles. The molecule has 0 saturated carbocycles. The molecule has 1 aliphatic carbocycles. The summed E-state index contributed by atoms with van der Waals surface area (Å²) in [5.74, 6) is -7.47. The van der Waals surface area contributed by atoms with E-state index in [0.717, 1.165) is 6.08 Å². The molecule has 0 aromatic heterocycles. The number of ketones is 2. The Morgan fingerprint density at radius 1 is 1.00 bits per heavy atom. The van der Waals surface area contributed by atoms with Crippen molar-refractivity contribution >= 4 is 29.2 Å². The van der Waals surface area contributed by atoms with E-state index in [0.29, 0.717) is 32.8 Å². The number of hydrogen-bond acceptors (Lipinski definition) is 15. The van der Waals surface area contributed by atoms with E-state index in [4.69, 9.17) is 28.5 Å². The van der Waals surface area contributed by atoms with Crippen molar-refractivity contribution in [3.05, 3.63) is 70.2 Å². The predicted molar refractivity (Wildman–Crippen MR) is 215 cm³/mol. The summed E-state index contributed by atoms with van der Waals surface area (Å²) in [7, 11) is 1.47. The molecule has 0 radical (unpaired) electrons. The number of hydrogen-bond donors (Lipinski definition) is 4. The van der Waals surface area contributed by atoms with Crippen LogP contribution in [0.2, 0.25) is 0 Å². The average Bonchev–Trinajstić information content (AvgIpc) is 3.50. The van der Waals surface area contributed by atoms with Crippen LogP contribution in [0.15, 0.2) is 53.1 Å². The first kappa shape index (κ1) is 45.2. The Morgan fingerprint density at radius 3 is 2.36 bits per heavy atom. The van der Waals surface area contributed by atoms with Crippen LogP contribution in [0, 0.1) is 30.6 Å². The van der Waals surface area contributed by atoms with Crippen LogP contribution in [0.3, 0.4) is 0 Å². The van der Waals surface area contributed by atoms with Crippen molar-refractivity contribution in [1.29, 1.82) is 0 Å². The maximum absolute atomic E-state index is 14.1. The number of carbonyl (C=O) groups excluding carboxylic acids is 4. The molecular formula is C43H57N3O13. The van der Waals surface area contributed by atoms with Crippen molar-refractivity contribution in [1.82, 2.24) is 10.2 Å². The van der Waals surface area contributed by atoms with E-state index in [1.807, 2.05) is 0 Å². The number of carbonyl (C=O) groups is 4. The number of Topliss-reactive ketones (excluding diaryl/α,β-unsaturated/α-hetero) is 1. The van der Waals surface area contributed by atoms with Crippen molar-refractivity contribution in [2.75, 3.05) is 46.6 Å². The number of rotatable bonds is 6. The van der Waals surface area contributed by atoms with Gasteiger partial charge in [0, 0.05) is 81.5 Å². The third kappa shape index (κ3) is 9.62. The minimum absolute atomic E-state index is 0.00106. The molecule has 4 heterocycles. The van der Waals surface area contributed by atoms with E-state index in [9.17, 15) is 34.5 Å². The van der Waals surface area contributed by atoms with Gasteiger partial charge in [0.25, 0.3) is 11.7 Å². The molecule has 9 atom stereocenters. The van der Waals surface area contributed by atoms with Gasteiger partial charge < -0.3 is 49.2 Å². The predicted octanol–water partition coefficient (Wildman–Crippen LogP) is 3.50. The summed E-state index contributed by atoms with van der Waals surface area (Å²) in [6.45, 7) is 16.1. The molecule has 5 aliphatic rings. The zero-order chi connectivity index (χ0) is 43.3. The summed E-state index contributed by atoms with van der Waals surface area (Å²) >= 11 is 0. The number of oxime groups is 1. The number of aromatic hydroxyl groups is 1. The van der Waals surface area contributed by atoms with Crippen molar-refractivity contribution in [2.45, 2.75) is 85.6 Å². The third-order valence-electron chi connectivity index (χ3n) is 11.6. The SMILES string of the molecule is CO[C@H]1/C=C/O[C@@]2(C)Oc3c(C)c(O)c4c(c3/C2=N\OCCN2CCOCC2)C(=O)C=C(NC(=O)/C(C)=C\C=C\[C@H](C)[C@H](O)[C@@H](C)[C@@H](O)[C@@H](C)[C@H](OC(C)=O)[C@@H]1C)C4=O. The number of phenols is 1. The fourth-order valence-corrected chi connectivity index (χ4v) is 7.87. The van der Waals surface area contributed by atoms with Crippen LogP contribution in [0.25, 0.3) is 0 Å². The van der Waals surface area contributed by atoms with E-state index >= 15 is 0 Å². The molecule has 1 aromatic carbocycles. The Balaban J connectivity index is 1.62. The van der Waals surface area contributed by atoms with Crippen LogP contribution in [0.1, 0.15) is 80.3 Å². The van der Waals surface area contributed by atoms with Gasteiger partial charge in [-0.2, -0.15) is 0 Å². The number of ether oxygens (including phenoxy) is 5. The first-order valence-corrected chi connectivity index (χ1v) is 19.9. The highest BCUT2D eigenvalue weighted by Crippen LogP contribution is 2.48. The number of methoxy groups -OCH3 is 1. The third-order valence-corrected chi connectivity index (χ3v) is 11.6. The highest BCUT2D eigenvalue weighted by Gasteiger charge is 2.51. The summed E-state index contributed by atoms with van der Waals surface area (Å²) in [5, 5.41) is 41.3. The smallest absolute Gasteiger partial charge is 0.302 e. The molecular weight excluding hydrogens is 766 g/mol. The summed E-state index contributed by atoms with van der Waals surface area (Å²) in [4.78, 5) is 61.8. The van der Waals surface area contributed by atoms with E-state index in [2.05, 4.69) is 15.4 Å². The zero-order valence-corrected chi connectivity index (χ0v) is 35.1. The second-order valence-electron chi connectivity index (χ2n) is 15.8.